The van der Waals surface area contributed by atoms with Crippen molar-refractivity contribution < 1.29 is 4.79 Å². The molecule has 1 spiro atoms. The molecule has 1 saturated carbocycles. The van der Waals surface area contributed by atoms with Gasteiger partial charge in [-0.1, -0.05) is 33.1 Å². The summed E-state index contributed by atoms with van der Waals surface area (Å²) < 4.78 is 0. The molecule has 0 aromatic rings. The van der Waals surface area contributed by atoms with Gasteiger partial charge in [0.2, 0.25) is 5.91 Å². The molecule has 1 aliphatic heterocycles. The van der Waals surface area contributed by atoms with Gasteiger partial charge in [-0.05, 0) is 44.1 Å². The minimum atomic E-state index is -0.202. The third-order valence-electron chi connectivity index (χ3n) is 4.80. The Morgan fingerprint density at radius 2 is 2.10 bits per heavy atom. The zero-order valence-electron chi connectivity index (χ0n) is 13.3. The summed E-state index contributed by atoms with van der Waals surface area (Å²) in [4.78, 5) is 15.1. The highest BCUT2D eigenvalue weighted by Gasteiger charge is 2.52. The molecule has 2 fully saturated rings. The molecule has 0 aromatic carbocycles. The Bertz CT molecular complexity index is 328. The highest BCUT2D eigenvalue weighted by molar-refractivity contribution is 7.99. The van der Waals surface area contributed by atoms with E-state index in [4.69, 9.17) is 0 Å². The summed E-state index contributed by atoms with van der Waals surface area (Å²) in [5.74, 6) is 2.72. The van der Waals surface area contributed by atoms with Gasteiger partial charge in [0, 0.05) is 6.04 Å². The number of rotatable bonds is 7. The summed E-state index contributed by atoms with van der Waals surface area (Å²) >= 11 is 1.98. The van der Waals surface area contributed by atoms with Gasteiger partial charge >= 0.3 is 0 Å². The molecule has 4 heteroatoms. The second-order valence-electron chi connectivity index (χ2n) is 6.29. The Hall–Kier alpha value is -0.220. The number of nitrogens with one attached hydrogen (secondary N) is 1. The van der Waals surface area contributed by atoms with Gasteiger partial charge in [0.25, 0.3) is 0 Å². The van der Waals surface area contributed by atoms with Crippen LogP contribution in [0.15, 0.2) is 0 Å². The van der Waals surface area contributed by atoms with Gasteiger partial charge in [-0.15, -0.1) is 0 Å². The summed E-state index contributed by atoms with van der Waals surface area (Å²) in [5.41, 5.74) is -0.202. The maximum absolute atomic E-state index is 12.9. The van der Waals surface area contributed by atoms with Gasteiger partial charge in [-0.25, -0.2) is 0 Å². The van der Waals surface area contributed by atoms with Crippen LogP contribution in [0.3, 0.4) is 0 Å². The number of thioether (sulfide) groups is 1. The topological polar surface area (TPSA) is 32.3 Å². The van der Waals surface area contributed by atoms with E-state index in [1.165, 1.54) is 18.6 Å². The first-order chi connectivity index (χ1) is 9.64. The van der Waals surface area contributed by atoms with Crippen molar-refractivity contribution in [3.05, 3.63) is 0 Å². The maximum atomic E-state index is 12.9. The van der Waals surface area contributed by atoms with Crippen LogP contribution in [0.2, 0.25) is 0 Å². The standard InChI is InChI=1S/C16H30N2OS/c1-4-8-14-17-16(10-6-7-11-16)15(19)18(14)13(3)9-12-20-5-2/h13-14,17H,4-12H2,1-3H3. The van der Waals surface area contributed by atoms with Crippen molar-refractivity contribution in [2.24, 2.45) is 0 Å². The van der Waals surface area contributed by atoms with E-state index in [1.807, 2.05) is 11.8 Å². The van der Waals surface area contributed by atoms with Crippen molar-refractivity contribution in [3.63, 3.8) is 0 Å². The van der Waals surface area contributed by atoms with E-state index in [-0.39, 0.29) is 11.7 Å². The van der Waals surface area contributed by atoms with Crippen LogP contribution in [-0.2, 0) is 4.79 Å². The van der Waals surface area contributed by atoms with Crippen molar-refractivity contribution in [1.82, 2.24) is 10.2 Å². The van der Waals surface area contributed by atoms with Crippen molar-refractivity contribution >= 4 is 17.7 Å². The minimum Gasteiger partial charge on any atom is -0.323 e. The van der Waals surface area contributed by atoms with Crippen LogP contribution in [0.5, 0.6) is 0 Å². The Morgan fingerprint density at radius 3 is 2.70 bits per heavy atom. The van der Waals surface area contributed by atoms with E-state index < -0.39 is 0 Å². The molecular formula is C16H30N2OS. The van der Waals surface area contributed by atoms with Crippen LogP contribution in [0.4, 0.5) is 0 Å². The van der Waals surface area contributed by atoms with E-state index in [0.717, 1.165) is 37.9 Å². The molecule has 1 amide bonds. The lowest BCUT2D eigenvalue weighted by Gasteiger charge is -2.30. The number of nitrogens with zero attached hydrogens (tertiary/aromatic N) is 1. The molecule has 3 nitrogen and oxygen atoms in total. The molecule has 2 unspecified atom stereocenters. The summed E-state index contributed by atoms with van der Waals surface area (Å²) in [6.07, 6.45) is 8.08. The first-order valence-electron chi connectivity index (χ1n) is 8.33. The lowest BCUT2D eigenvalue weighted by molar-refractivity contribution is -0.135. The minimum absolute atomic E-state index is 0.202. The van der Waals surface area contributed by atoms with Gasteiger partial charge in [0.15, 0.2) is 0 Å². The van der Waals surface area contributed by atoms with Gasteiger partial charge in [-0.2, -0.15) is 11.8 Å². The summed E-state index contributed by atoms with van der Waals surface area (Å²) in [7, 11) is 0. The number of carbonyl (C=O) groups excluding carboxylic acids is 1. The number of hydrogen-bond acceptors (Lipinski definition) is 3. The van der Waals surface area contributed by atoms with Crippen LogP contribution in [0.25, 0.3) is 0 Å². The Balaban J connectivity index is 2.05. The van der Waals surface area contributed by atoms with Gasteiger partial charge in [0.05, 0.1) is 11.7 Å². The monoisotopic (exact) mass is 298 g/mol. The molecule has 20 heavy (non-hydrogen) atoms. The Labute approximate surface area is 128 Å². The second kappa shape index (κ2) is 7.17. The van der Waals surface area contributed by atoms with Crippen LogP contribution in [0.1, 0.15) is 65.7 Å². The second-order valence-corrected chi connectivity index (χ2v) is 7.68. The zero-order chi connectivity index (χ0) is 14.6. The molecule has 2 atom stereocenters. The van der Waals surface area contributed by atoms with Crippen LogP contribution in [0, 0.1) is 0 Å². The van der Waals surface area contributed by atoms with E-state index >= 15 is 0 Å². The van der Waals surface area contributed by atoms with E-state index in [0.29, 0.717) is 11.9 Å². The fourth-order valence-corrected chi connectivity index (χ4v) is 4.50. The van der Waals surface area contributed by atoms with Gasteiger partial charge in [-0.3, -0.25) is 10.1 Å². The molecule has 0 bridgehead atoms. The molecule has 2 rings (SSSR count). The predicted octanol–water partition coefficient (Wildman–Crippen LogP) is 3.39. The zero-order valence-corrected chi connectivity index (χ0v) is 14.1. The normalized spacial score (nSPS) is 26.6. The highest BCUT2D eigenvalue weighted by atomic mass is 32.2. The quantitative estimate of drug-likeness (QED) is 0.731. The molecular weight excluding hydrogens is 268 g/mol. The first kappa shape index (κ1) is 16.2. The predicted molar refractivity (Wildman–Crippen MR) is 87.0 cm³/mol. The SMILES string of the molecule is CCCC1NC2(CCCC2)C(=O)N1C(C)CCSCC. The Morgan fingerprint density at radius 1 is 1.40 bits per heavy atom. The smallest absolute Gasteiger partial charge is 0.244 e. The molecule has 0 aromatic heterocycles. The fourth-order valence-electron chi connectivity index (χ4n) is 3.70. The number of carbonyl (C=O) groups is 1. The molecule has 1 saturated heterocycles. The number of hydrogen-bond donors (Lipinski definition) is 1. The molecule has 1 heterocycles. The Kier molecular flexibility index (Phi) is 5.79. The van der Waals surface area contributed by atoms with Crippen LogP contribution < -0.4 is 5.32 Å². The van der Waals surface area contributed by atoms with Crippen molar-refractivity contribution in [2.45, 2.75) is 83.5 Å². The molecule has 2 aliphatic rings. The first-order valence-corrected chi connectivity index (χ1v) is 9.48. The van der Waals surface area contributed by atoms with E-state index in [2.05, 4.69) is 31.0 Å². The highest BCUT2D eigenvalue weighted by Crippen LogP contribution is 2.38. The molecule has 116 valence electrons. The summed E-state index contributed by atoms with van der Waals surface area (Å²) in [6, 6.07) is 0.366. The molecule has 1 aliphatic carbocycles. The lowest BCUT2D eigenvalue weighted by Crippen LogP contribution is -2.45. The molecule has 1 N–H and O–H groups in total. The molecule has 0 radical (unpaired) electrons. The van der Waals surface area contributed by atoms with Crippen LogP contribution in [-0.4, -0.2) is 40.1 Å². The van der Waals surface area contributed by atoms with E-state index in [1.54, 1.807) is 0 Å². The van der Waals surface area contributed by atoms with Crippen LogP contribution >= 0.6 is 11.8 Å². The number of amides is 1. The van der Waals surface area contributed by atoms with Crippen molar-refractivity contribution in [1.29, 1.82) is 0 Å². The average Bonchev–Trinajstić information content (AvgIpc) is 2.98. The fraction of sp³-hybridized carbons (Fsp3) is 0.938. The van der Waals surface area contributed by atoms with Gasteiger partial charge in [0.1, 0.15) is 0 Å². The summed E-state index contributed by atoms with van der Waals surface area (Å²) in [5, 5.41) is 3.71. The van der Waals surface area contributed by atoms with Crippen molar-refractivity contribution in [3.8, 4) is 0 Å². The average molecular weight is 298 g/mol. The van der Waals surface area contributed by atoms with Gasteiger partial charge < -0.3 is 4.90 Å². The van der Waals surface area contributed by atoms with Crippen molar-refractivity contribution in [2.75, 3.05) is 11.5 Å². The third kappa shape index (κ3) is 3.16. The maximum Gasteiger partial charge on any atom is 0.244 e. The summed E-state index contributed by atoms with van der Waals surface area (Å²) in [6.45, 7) is 6.64. The van der Waals surface area contributed by atoms with E-state index in [9.17, 15) is 4.79 Å². The third-order valence-corrected chi connectivity index (χ3v) is 5.73. The largest absolute Gasteiger partial charge is 0.323 e. The lowest BCUT2D eigenvalue weighted by atomic mass is 9.97.